The molecule has 3 nitrogen and oxygen atoms in total. The largest absolute Gasteiger partial charge is 0.341 e. The number of rotatable bonds is 7. The van der Waals surface area contributed by atoms with Crippen molar-refractivity contribution in [1.82, 2.24) is 10.2 Å². The first-order valence-electron chi connectivity index (χ1n) is 7.71. The van der Waals surface area contributed by atoms with Crippen LogP contribution in [0.25, 0.3) is 0 Å². The van der Waals surface area contributed by atoms with Crippen LogP contribution < -0.4 is 5.32 Å². The molecule has 1 amide bonds. The van der Waals surface area contributed by atoms with Gasteiger partial charge in [-0.15, -0.1) is 0 Å². The van der Waals surface area contributed by atoms with Crippen molar-refractivity contribution in [1.29, 1.82) is 0 Å². The van der Waals surface area contributed by atoms with E-state index in [-0.39, 0.29) is 5.92 Å². The molecular weight excluding hydrogens is 224 g/mol. The molecule has 0 aliphatic carbocycles. The van der Waals surface area contributed by atoms with Crippen LogP contribution in [-0.2, 0) is 4.79 Å². The summed E-state index contributed by atoms with van der Waals surface area (Å²) < 4.78 is 0. The maximum absolute atomic E-state index is 12.3. The lowest BCUT2D eigenvalue weighted by atomic mass is 9.99. The van der Waals surface area contributed by atoms with Crippen molar-refractivity contribution < 1.29 is 4.79 Å². The topological polar surface area (TPSA) is 32.3 Å². The van der Waals surface area contributed by atoms with Crippen LogP contribution in [0.3, 0.4) is 0 Å². The fourth-order valence-electron chi connectivity index (χ4n) is 2.64. The average molecular weight is 254 g/mol. The summed E-state index contributed by atoms with van der Waals surface area (Å²) in [6.07, 6.45) is 6.91. The molecule has 0 radical (unpaired) electrons. The zero-order valence-corrected chi connectivity index (χ0v) is 12.4. The van der Waals surface area contributed by atoms with Gasteiger partial charge < -0.3 is 10.2 Å². The molecule has 0 spiro atoms. The van der Waals surface area contributed by atoms with E-state index in [1.807, 2.05) is 0 Å². The Kier molecular flexibility index (Phi) is 7.33. The van der Waals surface area contributed by atoms with E-state index >= 15 is 0 Å². The number of amides is 1. The highest BCUT2D eigenvalue weighted by molar-refractivity contribution is 5.78. The fraction of sp³-hybridized carbons (Fsp3) is 0.933. The SMILES string of the molecule is CCCCC(C)C(=O)N1CCCC(NCCC)C1. The Bertz CT molecular complexity index is 243. The summed E-state index contributed by atoms with van der Waals surface area (Å²) in [6.45, 7) is 9.39. The number of carbonyl (C=O) groups excluding carboxylic acids is 1. The Morgan fingerprint density at radius 2 is 2.17 bits per heavy atom. The third kappa shape index (κ3) is 4.97. The zero-order chi connectivity index (χ0) is 13.4. The number of hydrogen-bond acceptors (Lipinski definition) is 2. The quantitative estimate of drug-likeness (QED) is 0.757. The van der Waals surface area contributed by atoms with Crippen LogP contribution >= 0.6 is 0 Å². The molecule has 1 aliphatic heterocycles. The van der Waals surface area contributed by atoms with Gasteiger partial charge in [-0.25, -0.2) is 0 Å². The van der Waals surface area contributed by atoms with Gasteiger partial charge in [0.2, 0.25) is 5.91 Å². The molecule has 106 valence electrons. The number of carbonyl (C=O) groups is 1. The average Bonchev–Trinajstić information content (AvgIpc) is 2.42. The standard InChI is InChI=1S/C15H30N2O/c1-4-6-8-13(3)15(18)17-11-7-9-14(12-17)16-10-5-2/h13-14,16H,4-12H2,1-3H3. The molecule has 1 heterocycles. The maximum atomic E-state index is 12.3. The van der Waals surface area contributed by atoms with Crippen LogP contribution in [0.5, 0.6) is 0 Å². The lowest BCUT2D eigenvalue weighted by Crippen LogP contribution is -2.49. The Balaban J connectivity index is 2.37. The van der Waals surface area contributed by atoms with Crippen molar-refractivity contribution in [3.63, 3.8) is 0 Å². The highest BCUT2D eigenvalue weighted by Gasteiger charge is 2.25. The molecule has 2 unspecified atom stereocenters. The van der Waals surface area contributed by atoms with Gasteiger partial charge in [-0.3, -0.25) is 4.79 Å². The third-order valence-electron chi connectivity index (χ3n) is 3.83. The van der Waals surface area contributed by atoms with Crippen LogP contribution in [-0.4, -0.2) is 36.5 Å². The van der Waals surface area contributed by atoms with Crippen molar-refractivity contribution in [2.75, 3.05) is 19.6 Å². The minimum Gasteiger partial charge on any atom is -0.341 e. The van der Waals surface area contributed by atoms with Crippen molar-refractivity contribution >= 4 is 5.91 Å². The molecule has 18 heavy (non-hydrogen) atoms. The van der Waals surface area contributed by atoms with E-state index in [4.69, 9.17) is 0 Å². The minimum absolute atomic E-state index is 0.204. The first-order valence-corrected chi connectivity index (χ1v) is 7.71. The second kappa shape index (κ2) is 8.52. The zero-order valence-electron chi connectivity index (χ0n) is 12.4. The maximum Gasteiger partial charge on any atom is 0.225 e. The van der Waals surface area contributed by atoms with E-state index in [0.29, 0.717) is 11.9 Å². The molecule has 0 aromatic carbocycles. The number of likely N-dealkylation sites (tertiary alicyclic amines) is 1. The number of nitrogens with zero attached hydrogens (tertiary/aromatic N) is 1. The summed E-state index contributed by atoms with van der Waals surface area (Å²) in [6, 6.07) is 0.515. The third-order valence-corrected chi connectivity index (χ3v) is 3.83. The Labute approximate surface area is 112 Å². The van der Waals surface area contributed by atoms with E-state index in [1.54, 1.807) is 0 Å². The van der Waals surface area contributed by atoms with Gasteiger partial charge in [0.05, 0.1) is 0 Å². The summed E-state index contributed by atoms with van der Waals surface area (Å²) in [5, 5.41) is 3.54. The summed E-state index contributed by atoms with van der Waals surface area (Å²) in [7, 11) is 0. The van der Waals surface area contributed by atoms with E-state index < -0.39 is 0 Å². The van der Waals surface area contributed by atoms with Crippen LogP contribution in [0, 0.1) is 5.92 Å². The molecule has 3 heteroatoms. The van der Waals surface area contributed by atoms with Crippen molar-refractivity contribution in [3.8, 4) is 0 Å². The molecule has 0 saturated carbocycles. The van der Waals surface area contributed by atoms with Gasteiger partial charge in [-0.1, -0.05) is 33.6 Å². The van der Waals surface area contributed by atoms with Crippen molar-refractivity contribution in [3.05, 3.63) is 0 Å². The Morgan fingerprint density at radius 3 is 2.83 bits per heavy atom. The molecule has 0 aromatic heterocycles. The van der Waals surface area contributed by atoms with Gasteiger partial charge >= 0.3 is 0 Å². The molecule has 1 N–H and O–H groups in total. The molecular formula is C15H30N2O. The second-order valence-electron chi connectivity index (χ2n) is 5.62. The van der Waals surface area contributed by atoms with E-state index in [9.17, 15) is 4.79 Å². The van der Waals surface area contributed by atoms with Gasteiger partial charge in [0.1, 0.15) is 0 Å². The Morgan fingerprint density at radius 1 is 1.39 bits per heavy atom. The molecule has 1 rings (SSSR count). The predicted molar refractivity (Wildman–Crippen MR) is 76.6 cm³/mol. The number of unbranched alkanes of at least 4 members (excludes halogenated alkanes) is 1. The molecule has 1 fully saturated rings. The van der Waals surface area contributed by atoms with Gasteiger partial charge in [-0.05, 0) is 32.2 Å². The summed E-state index contributed by atoms with van der Waals surface area (Å²) >= 11 is 0. The van der Waals surface area contributed by atoms with Crippen LogP contribution in [0.2, 0.25) is 0 Å². The number of nitrogens with one attached hydrogen (secondary N) is 1. The highest BCUT2D eigenvalue weighted by atomic mass is 16.2. The van der Waals surface area contributed by atoms with Gasteiger partial charge in [0.25, 0.3) is 0 Å². The van der Waals surface area contributed by atoms with E-state index in [2.05, 4.69) is 31.0 Å². The lowest BCUT2D eigenvalue weighted by Gasteiger charge is -2.35. The normalized spacial score (nSPS) is 21.9. The van der Waals surface area contributed by atoms with Crippen molar-refractivity contribution in [2.24, 2.45) is 5.92 Å². The predicted octanol–water partition coefficient (Wildman–Crippen LogP) is 2.80. The molecule has 1 aliphatic rings. The summed E-state index contributed by atoms with van der Waals surface area (Å²) in [5.41, 5.74) is 0. The monoisotopic (exact) mass is 254 g/mol. The van der Waals surface area contributed by atoms with Crippen molar-refractivity contribution in [2.45, 2.75) is 65.3 Å². The fourth-order valence-corrected chi connectivity index (χ4v) is 2.64. The first kappa shape index (κ1) is 15.5. The highest BCUT2D eigenvalue weighted by Crippen LogP contribution is 2.16. The van der Waals surface area contributed by atoms with Gasteiger partial charge in [-0.2, -0.15) is 0 Å². The summed E-state index contributed by atoms with van der Waals surface area (Å²) in [4.78, 5) is 14.4. The van der Waals surface area contributed by atoms with Crippen LogP contribution in [0.1, 0.15) is 59.3 Å². The first-order chi connectivity index (χ1) is 8.69. The molecule has 2 atom stereocenters. The van der Waals surface area contributed by atoms with Gasteiger partial charge in [0, 0.05) is 25.0 Å². The van der Waals surface area contributed by atoms with Crippen LogP contribution in [0.15, 0.2) is 0 Å². The second-order valence-corrected chi connectivity index (χ2v) is 5.62. The number of hydrogen-bond donors (Lipinski definition) is 1. The van der Waals surface area contributed by atoms with Crippen LogP contribution in [0.4, 0.5) is 0 Å². The van der Waals surface area contributed by atoms with E-state index in [0.717, 1.165) is 45.3 Å². The lowest BCUT2D eigenvalue weighted by molar-refractivity contribution is -0.136. The smallest absolute Gasteiger partial charge is 0.225 e. The molecule has 0 aromatic rings. The summed E-state index contributed by atoms with van der Waals surface area (Å²) in [5.74, 6) is 0.571. The van der Waals surface area contributed by atoms with Gasteiger partial charge in [0.15, 0.2) is 0 Å². The van der Waals surface area contributed by atoms with E-state index in [1.165, 1.54) is 12.8 Å². The Hall–Kier alpha value is -0.570. The molecule has 0 bridgehead atoms. The minimum atomic E-state index is 0.204. The number of piperidine rings is 1. The molecule has 1 saturated heterocycles.